The molecule has 1 heterocycles. The van der Waals surface area contributed by atoms with Gasteiger partial charge in [0.15, 0.2) is 0 Å². The summed E-state index contributed by atoms with van der Waals surface area (Å²) in [7, 11) is 1.52. The van der Waals surface area contributed by atoms with Crippen LogP contribution in [0, 0.1) is 11.3 Å². The predicted molar refractivity (Wildman–Crippen MR) is 150 cm³/mol. The smallest absolute Gasteiger partial charge is 0.338 e. The number of ether oxygens (including phenoxy) is 2. The zero-order valence-electron chi connectivity index (χ0n) is 21.5. The SMILES string of the molecule is CCOC(=O)c1ccc(NC(=O)C(Cc2ccccc2)c2cc(OC)c(-c3cc(Cl)ccc3C#N)cn2)cc1. The van der Waals surface area contributed by atoms with Gasteiger partial charge in [-0.1, -0.05) is 41.9 Å². The third-order valence-electron chi connectivity index (χ3n) is 6.12. The number of methoxy groups -OCH3 is 1. The van der Waals surface area contributed by atoms with Gasteiger partial charge < -0.3 is 14.8 Å². The van der Waals surface area contributed by atoms with E-state index in [0.29, 0.717) is 50.8 Å². The van der Waals surface area contributed by atoms with Crippen molar-refractivity contribution in [1.29, 1.82) is 5.26 Å². The van der Waals surface area contributed by atoms with Crippen LogP contribution in [-0.2, 0) is 16.0 Å². The minimum atomic E-state index is -0.658. The number of carbonyl (C=O) groups excluding carboxylic acids is 2. The van der Waals surface area contributed by atoms with E-state index in [2.05, 4.69) is 16.4 Å². The van der Waals surface area contributed by atoms with Gasteiger partial charge in [-0.2, -0.15) is 5.26 Å². The summed E-state index contributed by atoms with van der Waals surface area (Å²) in [4.78, 5) is 30.2. The molecule has 7 nitrogen and oxygen atoms in total. The van der Waals surface area contributed by atoms with Crippen molar-refractivity contribution in [3.05, 3.63) is 112 Å². The normalized spacial score (nSPS) is 11.2. The van der Waals surface area contributed by atoms with E-state index in [0.717, 1.165) is 5.56 Å². The zero-order chi connectivity index (χ0) is 27.8. The molecular formula is C31H26ClN3O4. The Hall–Kier alpha value is -4.67. The van der Waals surface area contributed by atoms with Gasteiger partial charge in [-0.15, -0.1) is 0 Å². The molecule has 1 unspecified atom stereocenters. The first-order valence-electron chi connectivity index (χ1n) is 12.3. The second kappa shape index (κ2) is 12.7. The van der Waals surface area contributed by atoms with Crippen molar-refractivity contribution < 1.29 is 19.1 Å². The van der Waals surface area contributed by atoms with Gasteiger partial charge in [0.05, 0.1) is 42.5 Å². The van der Waals surface area contributed by atoms with Crippen LogP contribution in [0.2, 0.25) is 5.02 Å². The van der Waals surface area contributed by atoms with Crippen LogP contribution in [0.1, 0.15) is 40.0 Å². The number of pyridine rings is 1. The van der Waals surface area contributed by atoms with Crippen molar-refractivity contribution >= 4 is 29.2 Å². The van der Waals surface area contributed by atoms with Gasteiger partial charge >= 0.3 is 5.97 Å². The number of nitrogens with zero attached hydrogens (tertiary/aromatic N) is 2. The molecule has 1 aromatic heterocycles. The molecule has 0 aliphatic carbocycles. The topological polar surface area (TPSA) is 101 Å². The van der Waals surface area contributed by atoms with Crippen molar-refractivity contribution in [3.8, 4) is 22.9 Å². The van der Waals surface area contributed by atoms with E-state index in [1.165, 1.54) is 7.11 Å². The number of nitrogens with one attached hydrogen (secondary N) is 1. The van der Waals surface area contributed by atoms with Crippen molar-refractivity contribution in [2.45, 2.75) is 19.3 Å². The van der Waals surface area contributed by atoms with E-state index in [9.17, 15) is 14.9 Å². The Morgan fingerprint density at radius 1 is 1.03 bits per heavy atom. The number of anilines is 1. The van der Waals surface area contributed by atoms with Gasteiger partial charge in [0.2, 0.25) is 5.91 Å². The number of esters is 1. The molecule has 4 aromatic rings. The molecule has 0 spiro atoms. The molecule has 8 heteroatoms. The van der Waals surface area contributed by atoms with Crippen LogP contribution in [0.3, 0.4) is 0 Å². The molecule has 0 bridgehead atoms. The number of aromatic nitrogens is 1. The minimum absolute atomic E-state index is 0.273. The van der Waals surface area contributed by atoms with E-state index >= 15 is 0 Å². The van der Waals surface area contributed by atoms with Crippen LogP contribution >= 0.6 is 11.6 Å². The fraction of sp³-hybridized carbons (Fsp3) is 0.161. The molecule has 3 aromatic carbocycles. The molecule has 0 saturated heterocycles. The number of nitriles is 1. The second-order valence-corrected chi connectivity index (χ2v) is 9.08. The monoisotopic (exact) mass is 539 g/mol. The zero-order valence-corrected chi connectivity index (χ0v) is 22.2. The highest BCUT2D eigenvalue weighted by Gasteiger charge is 2.25. The third-order valence-corrected chi connectivity index (χ3v) is 6.35. The maximum atomic E-state index is 13.6. The quantitative estimate of drug-likeness (QED) is 0.246. The summed E-state index contributed by atoms with van der Waals surface area (Å²) in [6.07, 6.45) is 1.99. The number of benzene rings is 3. The molecule has 0 saturated carbocycles. The lowest BCUT2D eigenvalue weighted by molar-refractivity contribution is -0.117. The Labute approximate surface area is 232 Å². The molecular weight excluding hydrogens is 514 g/mol. The first kappa shape index (κ1) is 27.4. The van der Waals surface area contributed by atoms with Gasteiger partial charge in [0.1, 0.15) is 5.75 Å². The van der Waals surface area contributed by atoms with Crippen molar-refractivity contribution in [2.75, 3.05) is 19.0 Å². The first-order valence-corrected chi connectivity index (χ1v) is 12.7. The van der Waals surface area contributed by atoms with Crippen molar-refractivity contribution in [2.24, 2.45) is 0 Å². The van der Waals surface area contributed by atoms with Crippen LogP contribution in [0.15, 0.2) is 85.1 Å². The Morgan fingerprint density at radius 3 is 2.44 bits per heavy atom. The fourth-order valence-corrected chi connectivity index (χ4v) is 4.34. The van der Waals surface area contributed by atoms with Crippen LogP contribution in [-0.4, -0.2) is 30.6 Å². The van der Waals surface area contributed by atoms with Crippen molar-refractivity contribution in [3.63, 3.8) is 0 Å². The molecule has 39 heavy (non-hydrogen) atoms. The van der Waals surface area contributed by atoms with E-state index in [1.807, 2.05) is 30.3 Å². The predicted octanol–water partition coefficient (Wildman–Crippen LogP) is 6.42. The highest BCUT2D eigenvalue weighted by molar-refractivity contribution is 6.31. The molecule has 196 valence electrons. The average Bonchev–Trinajstić information content (AvgIpc) is 2.96. The summed E-state index contributed by atoms with van der Waals surface area (Å²) in [5, 5.41) is 13.0. The van der Waals surface area contributed by atoms with E-state index < -0.39 is 11.9 Å². The average molecular weight is 540 g/mol. The molecule has 1 atom stereocenters. The van der Waals surface area contributed by atoms with Crippen LogP contribution < -0.4 is 10.1 Å². The Balaban J connectivity index is 1.68. The number of hydrogen-bond donors (Lipinski definition) is 1. The molecule has 1 N–H and O–H groups in total. The van der Waals surface area contributed by atoms with Crippen LogP contribution in [0.25, 0.3) is 11.1 Å². The summed E-state index contributed by atoms with van der Waals surface area (Å²) in [6.45, 7) is 2.02. The Kier molecular flexibility index (Phi) is 8.93. The maximum Gasteiger partial charge on any atom is 0.338 e. The van der Waals surface area contributed by atoms with E-state index in [4.69, 9.17) is 21.1 Å². The minimum Gasteiger partial charge on any atom is -0.496 e. The van der Waals surface area contributed by atoms with E-state index in [-0.39, 0.29) is 12.5 Å². The number of carbonyl (C=O) groups is 2. The standard InChI is InChI=1S/C31H26ClN3O4/c1-3-39-31(37)21-10-13-24(14-11-21)35-30(36)26(15-20-7-5-4-6-8-20)28-17-29(38-2)27(19-34-28)25-16-23(32)12-9-22(25)18-33/h4-14,16-17,19,26H,3,15H2,1-2H3,(H,35,36). The lowest BCUT2D eigenvalue weighted by Gasteiger charge is -2.19. The molecule has 0 radical (unpaired) electrons. The number of amides is 1. The van der Waals surface area contributed by atoms with E-state index in [1.54, 1.807) is 61.7 Å². The molecule has 0 fully saturated rings. The molecule has 1 amide bonds. The third kappa shape index (κ3) is 6.61. The summed E-state index contributed by atoms with van der Waals surface area (Å²) in [5.74, 6) is -0.892. The highest BCUT2D eigenvalue weighted by atomic mass is 35.5. The Morgan fingerprint density at radius 2 is 1.77 bits per heavy atom. The highest BCUT2D eigenvalue weighted by Crippen LogP contribution is 2.35. The number of rotatable bonds is 9. The van der Waals surface area contributed by atoms with Crippen LogP contribution in [0.4, 0.5) is 5.69 Å². The van der Waals surface area contributed by atoms with Crippen LogP contribution in [0.5, 0.6) is 5.75 Å². The lowest BCUT2D eigenvalue weighted by Crippen LogP contribution is -2.24. The summed E-state index contributed by atoms with van der Waals surface area (Å²) in [6, 6.07) is 25.0. The maximum absolute atomic E-state index is 13.6. The number of hydrogen-bond acceptors (Lipinski definition) is 6. The Bertz CT molecular complexity index is 1520. The molecule has 0 aliphatic heterocycles. The summed E-state index contributed by atoms with van der Waals surface area (Å²) >= 11 is 6.20. The summed E-state index contributed by atoms with van der Waals surface area (Å²) < 4.78 is 10.7. The fourth-order valence-electron chi connectivity index (χ4n) is 4.17. The summed E-state index contributed by atoms with van der Waals surface area (Å²) in [5.41, 5.74) is 4.00. The van der Waals surface area contributed by atoms with Gasteiger partial charge in [0, 0.05) is 34.1 Å². The molecule has 0 aliphatic rings. The second-order valence-electron chi connectivity index (χ2n) is 8.64. The lowest BCUT2D eigenvalue weighted by atomic mass is 9.93. The van der Waals surface area contributed by atoms with Crippen molar-refractivity contribution in [1.82, 2.24) is 4.98 Å². The van der Waals surface area contributed by atoms with Gasteiger partial charge in [0.25, 0.3) is 0 Å². The number of halogens is 1. The van der Waals surface area contributed by atoms with Gasteiger partial charge in [-0.05, 0) is 61.4 Å². The van der Waals surface area contributed by atoms with Gasteiger partial charge in [-0.3, -0.25) is 9.78 Å². The first-order chi connectivity index (χ1) is 18.9. The van der Waals surface area contributed by atoms with Gasteiger partial charge in [-0.25, -0.2) is 4.79 Å². The largest absolute Gasteiger partial charge is 0.496 e. The molecule has 4 rings (SSSR count).